The number of hydrogen-bond acceptors (Lipinski definition) is 6. The molecule has 0 unspecified atom stereocenters. The van der Waals surface area contributed by atoms with Gasteiger partial charge in [0.15, 0.2) is 12.4 Å². The fraction of sp³-hybridized carbons (Fsp3) is 0.526. The van der Waals surface area contributed by atoms with Gasteiger partial charge in [0.2, 0.25) is 0 Å². The quantitative estimate of drug-likeness (QED) is 0.401. The first-order valence-corrected chi connectivity index (χ1v) is 9.70. The van der Waals surface area contributed by atoms with Gasteiger partial charge in [-0.3, -0.25) is 4.79 Å². The van der Waals surface area contributed by atoms with E-state index in [0.29, 0.717) is 11.3 Å². The molecule has 1 aromatic rings. The van der Waals surface area contributed by atoms with E-state index in [0.717, 1.165) is 12.2 Å². The van der Waals surface area contributed by atoms with Crippen molar-refractivity contribution < 1.29 is 23.9 Å². The molecule has 1 amide bonds. The zero-order valence-electron chi connectivity index (χ0n) is 15.7. The summed E-state index contributed by atoms with van der Waals surface area (Å²) in [6, 6.07) is 7.72. The Bertz CT molecular complexity index is 598. The highest BCUT2D eigenvalue weighted by atomic mass is 32.2. The van der Waals surface area contributed by atoms with Crippen molar-refractivity contribution in [3.8, 4) is 0 Å². The Balaban J connectivity index is 2.62. The van der Waals surface area contributed by atoms with Crippen LogP contribution in [0, 0.1) is 0 Å². The van der Waals surface area contributed by atoms with Crippen LogP contribution in [-0.2, 0) is 14.3 Å². The van der Waals surface area contributed by atoms with Crippen LogP contribution in [0.1, 0.15) is 44.5 Å². The first kappa shape index (κ1) is 22.0. The van der Waals surface area contributed by atoms with Gasteiger partial charge in [-0.15, -0.1) is 0 Å². The van der Waals surface area contributed by atoms with Gasteiger partial charge >= 0.3 is 12.1 Å². The van der Waals surface area contributed by atoms with Crippen molar-refractivity contribution in [2.45, 2.75) is 45.8 Å². The van der Waals surface area contributed by atoms with Gasteiger partial charge in [-0.25, -0.2) is 9.59 Å². The Hall–Kier alpha value is -2.02. The Morgan fingerprint density at radius 1 is 1.15 bits per heavy atom. The predicted octanol–water partition coefficient (Wildman–Crippen LogP) is 3.45. The van der Waals surface area contributed by atoms with Gasteiger partial charge in [0.25, 0.3) is 0 Å². The Labute approximate surface area is 159 Å². The topological polar surface area (TPSA) is 81.7 Å². The van der Waals surface area contributed by atoms with Gasteiger partial charge in [0, 0.05) is 11.3 Å². The molecule has 0 heterocycles. The van der Waals surface area contributed by atoms with Gasteiger partial charge in [-0.1, -0.05) is 37.3 Å². The van der Waals surface area contributed by atoms with Crippen molar-refractivity contribution >= 4 is 29.6 Å². The van der Waals surface area contributed by atoms with Crippen LogP contribution in [0.25, 0.3) is 0 Å². The summed E-state index contributed by atoms with van der Waals surface area (Å²) >= 11 is 1.52. The number of nitrogens with one attached hydrogen (secondary N) is 1. The van der Waals surface area contributed by atoms with Gasteiger partial charge in [0.05, 0.1) is 0 Å². The lowest BCUT2D eigenvalue weighted by molar-refractivity contribution is -0.144. The number of Topliss-reactive ketones (excluding diaryl/α,β-unsaturated/α-hetero) is 1. The average Bonchev–Trinajstić information content (AvgIpc) is 2.57. The summed E-state index contributed by atoms with van der Waals surface area (Å²) in [5.74, 6) is 0.258. The molecule has 0 aliphatic heterocycles. The lowest BCUT2D eigenvalue weighted by atomic mass is 10.1. The van der Waals surface area contributed by atoms with Crippen LogP contribution in [0.5, 0.6) is 0 Å². The standard InChI is InChI=1S/C19H27NO5S/c1-5-11-26-13-15(20-18(23)25-19(2,3)4)17(22)24-12-16(21)14-9-7-6-8-10-14/h6-10,15H,5,11-13H2,1-4H3,(H,20,23)/t15-/m1/s1. The Kier molecular flexibility index (Phi) is 9.19. The number of ketones is 1. The molecule has 26 heavy (non-hydrogen) atoms. The monoisotopic (exact) mass is 381 g/mol. The zero-order valence-corrected chi connectivity index (χ0v) is 16.6. The van der Waals surface area contributed by atoms with E-state index in [1.165, 1.54) is 11.8 Å². The van der Waals surface area contributed by atoms with Crippen molar-refractivity contribution in [3.63, 3.8) is 0 Å². The number of amides is 1. The van der Waals surface area contributed by atoms with Crippen LogP contribution in [0.4, 0.5) is 4.79 Å². The van der Waals surface area contributed by atoms with E-state index in [1.807, 2.05) is 6.92 Å². The summed E-state index contributed by atoms with van der Waals surface area (Å²) in [7, 11) is 0. The molecule has 0 bridgehead atoms. The second-order valence-electron chi connectivity index (χ2n) is 6.67. The maximum absolute atomic E-state index is 12.3. The minimum absolute atomic E-state index is 0.295. The SMILES string of the molecule is CCCSC[C@@H](NC(=O)OC(C)(C)C)C(=O)OCC(=O)c1ccccc1. The highest BCUT2D eigenvalue weighted by Crippen LogP contribution is 2.10. The summed E-state index contributed by atoms with van der Waals surface area (Å²) in [5, 5.41) is 2.53. The first-order valence-electron chi connectivity index (χ1n) is 8.55. The molecule has 0 saturated carbocycles. The molecule has 1 N–H and O–H groups in total. The van der Waals surface area contributed by atoms with Crippen LogP contribution in [0.2, 0.25) is 0 Å². The maximum atomic E-state index is 12.3. The lowest BCUT2D eigenvalue weighted by Crippen LogP contribution is -2.46. The molecule has 144 valence electrons. The molecule has 1 atom stereocenters. The number of thioether (sulfide) groups is 1. The van der Waals surface area contributed by atoms with Gasteiger partial charge in [-0.05, 0) is 32.9 Å². The fourth-order valence-corrected chi connectivity index (χ4v) is 2.82. The summed E-state index contributed by atoms with van der Waals surface area (Å²) < 4.78 is 10.3. The second kappa shape index (κ2) is 10.9. The third kappa shape index (κ3) is 8.89. The van der Waals surface area contributed by atoms with Crippen LogP contribution in [0.15, 0.2) is 30.3 Å². The molecule has 0 spiro atoms. The molecule has 1 rings (SSSR count). The molecule has 0 aliphatic carbocycles. The first-order chi connectivity index (χ1) is 12.2. The highest BCUT2D eigenvalue weighted by Gasteiger charge is 2.26. The number of benzene rings is 1. The average molecular weight is 381 g/mol. The number of hydrogen-bond donors (Lipinski definition) is 1. The van der Waals surface area contributed by atoms with Crippen LogP contribution >= 0.6 is 11.8 Å². The van der Waals surface area contributed by atoms with E-state index in [1.54, 1.807) is 51.1 Å². The Morgan fingerprint density at radius 3 is 2.38 bits per heavy atom. The molecule has 0 aliphatic rings. The van der Waals surface area contributed by atoms with E-state index in [9.17, 15) is 14.4 Å². The fourth-order valence-electron chi connectivity index (χ4n) is 1.91. The van der Waals surface area contributed by atoms with E-state index >= 15 is 0 Å². The van der Waals surface area contributed by atoms with Crippen molar-refractivity contribution in [2.24, 2.45) is 0 Å². The molecular formula is C19H27NO5S. The molecule has 6 nitrogen and oxygen atoms in total. The summed E-state index contributed by atoms with van der Waals surface area (Å²) in [6.45, 7) is 6.88. The molecule has 7 heteroatoms. The largest absolute Gasteiger partial charge is 0.456 e. The molecule has 1 aromatic carbocycles. The van der Waals surface area contributed by atoms with E-state index in [4.69, 9.17) is 9.47 Å². The zero-order chi connectivity index (χ0) is 19.6. The third-order valence-electron chi connectivity index (χ3n) is 3.05. The number of carbonyl (C=O) groups excluding carboxylic acids is 3. The maximum Gasteiger partial charge on any atom is 0.408 e. The number of alkyl carbamates (subject to hydrolysis) is 1. The third-order valence-corrected chi connectivity index (χ3v) is 4.32. The molecule has 0 fully saturated rings. The number of rotatable bonds is 9. The number of ether oxygens (including phenoxy) is 2. The smallest absolute Gasteiger partial charge is 0.408 e. The van der Waals surface area contributed by atoms with Crippen molar-refractivity contribution in [1.29, 1.82) is 0 Å². The minimum Gasteiger partial charge on any atom is -0.456 e. The number of carbonyl (C=O) groups is 3. The second-order valence-corrected chi connectivity index (χ2v) is 7.82. The Morgan fingerprint density at radius 2 is 1.81 bits per heavy atom. The van der Waals surface area contributed by atoms with Crippen LogP contribution in [-0.4, -0.2) is 47.6 Å². The molecular weight excluding hydrogens is 354 g/mol. The van der Waals surface area contributed by atoms with Crippen molar-refractivity contribution in [3.05, 3.63) is 35.9 Å². The number of esters is 1. The summed E-state index contributed by atoms with van der Waals surface area (Å²) in [5.41, 5.74) is -0.199. The lowest BCUT2D eigenvalue weighted by Gasteiger charge is -2.22. The van der Waals surface area contributed by atoms with E-state index in [2.05, 4.69) is 5.32 Å². The van der Waals surface area contributed by atoms with Gasteiger partial charge in [0.1, 0.15) is 11.6 Å². The van der Waals surface area contributed by atoms with Gasteiger partial charge in [-0.2, -0.15) is 11.8 Å². The van der Waals surface area contributed by atoms with Crippen LogP contribution < -0.4 is 5.32 Å². The molecule has 0 saturated heterocycles. The van der Waals surface area contributed by atoms with Crippen molar-refractivity contribution in [1.82, 2.24) is 5.32 Å². The van der Waals surface area contributed by atoms with Crippen LogP contribution in [0.3, 0.4) is 0 Å². The summed E-state index contributed by atoms with van der Waals surface area (Å²) in [4.78, 5) is 36.3. The highest BCUT2D eigenvalue weighted by molar-refractivity contribution is 7.99. The predicted molar refractivity (Wildman–Crippen MR) is 103 cm³/mol. The normalized spacial score (nSPS) is 12.2. The van der Waals surface area contributed by atoms with E-state index < -0.39 is 23.7 Å². The van der Waals surface area contributed by atoms with Gasteiger partial charge < -0.3 is 14.8 Å². The van der Waals surface area contributed by atoms with Crippen molar-refractivity contribution in [2.75, 3.05) is 18.1 Å². The molecule has 0 radical (unpaired) electrons. The molecule has 0 aromatic heterocycles. The minimum atomic E-state index is -0.870. The summed E-state index contributed by atoms with van der Waals surface area (Å²) in [6.07, 6.45) is 0.261. The van der Waals surface area contributed by atoms with E-state index in [-0.39, 0.29) is 12.4 Å².